The molecule has 0 saturated carbocycles. The molecule has 3 aromatic rings. The first kappa shape index (κ1) is 17.5. The lowest BCUT2D eigenvalue weighted by Gasteiger charge is -2.24. The molecule has 0 unspecified atom stereocenters. The number of halogens is 1. The van der Waals surface area contributed by atoms with Crippen LogP contribution in [-0.4, -0.2) is 32.6 Å². The Labute approximate surface area is 151 Å². The Morgan fingerprint density at radius 3 is 2.65 bits per heavy atom. The Kier molecular flexibility index (Phi) is 5.22. The van der Waals surface area contributed by atoms with Crippen molar-refractivity contribution in [3.8, 4) is 5.69 Å². The van der Waals surface area contributed by atoms with Crippen LogP contribution < -0.4 is 0 Å². The van der Waals surface area contributed by atoms with E-state index in [-0.39, 0.29) is 17.8 Å². The van der Waals surface area contributed by atoms with Crippen molar-refractivity contribution in [2.24, 2.45) is 0 Å². The van der Waals surface area contributed by atoms with Crippen LogP contribution in [0.2, 0.25) is 0 Å². The van der Waals surface area contributed by atoms with Crippen LogP contribution in [-0.2, 0) is 4.79 Å². The predicted octanol–water partition coefficient (Wildman–Crippen LogP) is 3.64. The highest BCUT2D eigenvalue weighted by Crippen LogP contribution is 2.20. The topological polar surface area (TPSA) is 51.0 Å². The number of rotatable bonds is 5. The van der Waals surface area contributed by atoms with Gasteiger partial charge >= 0.3 is 0 Å². The van der Waals surface area contributed by atoms with E-state index in [1.807, 2.05) is 31.2 Å². The molecule has 0 aliphatic carbocycles. The fourth-order valence-electron chi connectivity index (χ4n) is 2.56. The Morgan fingerprint density at radius 1 is 1.23 bits per heavy atom. The quantitative estimate of drug-likeness (QED) is 0.660. The maximum absolute atomic E-state index is 13.2. The van der Waals surface area contributed by atoms with Gasteiger partial charge in [0.2, 0.25) is 5.91 Å². The summed E-state index contributed by atoms with van der Waals surface area (Å²) in [6.07, 6.45) is 6.18. The predicted molar refractivity (Wildman–Crippen MR) is 98.0 cm³/mol. The van der Waals surface area contributed by atoms with Crippen LogP contribution in [0.15, 0.2) is 67.3 Å². The van der Waals surface area contributed by atoms with Crippen LogP contribution >= 0.6 is 0 Å². The molecule has 1 amide bonds. The van der Waals surface area contributed by atoms with Crippen LogP contribution in [0.1, 0.15) is 24.1 Å². The van der Waals surface area contributed by atoms with Crippen molar-refractivity contribution in [2.75, 3.05) is 7.05 Å². The van der Waals surface area contributed by atoms with Gasteiger partial charge < -0.3 is 4.90 Å². The van der Waals surface area contributed by atoms with Gasteiger partial charge in [-0.25, -0.2) is 14.1 Å². The Bertz CT molecular complexity index is 904. The van der Waals surface area contributed by atoms with Gasteiger partial charge in [0.25, 0.3) is 0 Å². The smallest absolute Gasteiger partial charge is 0.246 e. The van der Waals surface area contributed by atoms with Gasteiger partial charge in [0.15, 0.2) is 0 Å². The van der Waals surface area contributed by atoms with Gasteiger partial charge in [-0.1, -0.05) is 24.3 Å². The number of hydrogen-bond acceptors (Lipinski definition) is 3. The minimum Gasteiger partial charge on any atom is -0.335 e. The zero-order valence-electron chi connectivity index (χ0n) is 14.6. The molecule has 3 rings (SSSR count). The molecular weight excluding hydrogens is 331 g/mol. The second-order valence-electron chi connectivity index (χ2n) is 5.95. The van der Waals surface area contributed by atoms with E-state index in [1.54, 1.807) is 41.2 Å². The third kappa shape index (κ3) is 4.03. The number of likely N-dealkylation sites (N-methyl/N-ethyl adjacent to an activating group) is 1. The van der Waals surface area contributed by atoms with Gasteiger partial charge in [-0.15, -0.1) is 0 Å². The molecule has 1 heterocycles. The summed E-state index contributed by atoms with van der Waals surface area (Å²) in [5, 5.41) is 4.09. The molecule has 0 aliphatic rings. The molecule has 1 aromatic heterocycles. The highest BCUT2D eigenvalue weighted by Gasteiger charge is 2.15. The Balaban J connectivity index is 1.68. The van der Waals surface area contributed by atoms with Gasteiger partial charge in [-0.2, -0.15) is 5.10 Å². The summed E-state index contributed by atoms with van der Waals surface area (Å²) >= 11 is 0. The molecule has 132 valence electrons. The first-order valence-corrected chi connectivity index (χ1v) is 8.20. The molecule has 2 aromatic carbocycles. The summed E-state index contributed by atoms with van der Waals surface area (Å²) in [6, 6.07) is 13.8. The van der Waals surface area contributed by atoms with Crippen molar-refractivity contribution in [3.05, 3.63) is 84.2 Å². The summed E-state index contributed by atoms with van der Waals surface area (Å²) < 4.78 is 14.9. The monoisotopic (exact) mass is 350 g/mol. The number of carbonyl (C=O) groups excluding carboxylic acids is 1. The summed E-state index contributed by atoms with van der Waals surface area (Å²) in [7, 11) is 1.74. The second kappa shape index (κ2) is 7.74. The van der Waals surface area contributed by atoms with E-state index in [4.69, 9.17) is 0 Å². The molecule has 0 bridgehead atoms. The van der Waals surface area contributed by atoms with Crippen molar-refractivity contribution in [3.63, 3.8) is 0 Å². The minimum absolute atomic E-state index is 0.107. The Morgan fingerprint density at radius 2 is 2.00 bits per heavy atom. The summed E-state index contributed by atoms with van der Waals surface area (Å²) in [6.45, 7) is 1.96. The van der Waals surface area contributed by atoms with Crippen LogP contribution in [0, 0.1) is 5.82 Å². The molecule has 0 radical (unpaired) electrons. The highest BCUT2D eigenvalue weighted by molar-refractivity contribution is 5.91. The van der Waals surface area contributed by atoms with Crippen LogP contribution in [0.3, 0.4) is 0 Å². The maximum atomic E-state index is 13.2. The molecule has 5 nitrogen and oxygen atoms in total. The lowest BCUT2D eigenvalue weighted by atomic mass is 10.1. The number of amides is 1. The molecule has 0 aliphatic heterocycles. The first-order chi connectivity index (χ1) is 12.5. The van der Waals surface area contributed by atoms with E-state index in [9.17, 15) is 9.18 Å². The number of aromatic nitrogens is 3. The third-order valence-electron chi connectivity index (χ3n) is 4.25. The molecule has 26 heavy (non-hydrogen) atoms. The molecule has 0 saturated heterocycles. The largest absolute Gasteiger partial charge is 0.335 e. The molecule has 0 spiro atoms. The van der Waals surface area contributed by atoms with Gasteiger partial charge in [-0.05, 0) is 48.4 Å². The lowest BCUT2D eigenvalue weighted by molar-refractivity contribution is -0.126. The summed E-state index contributed by atoms with van der Waals surface area (Å²) in [5.41, 5.74) is 2.55. The number of benzene rings is 2. The van der Waals surface area contributed by atoms with Crippen molar-refractivity contribution in [1.82, 2.24) is 19.7 Å². The van der Waals surface area contributed by atoms with Crippen molar-refractivity contribution in [2.45, 2.75) is 13.0 Å². The lowest BCUT2D eigenvalue weighted by Crippen LogP contribution is -2.27. The molecular formula is C20H19FN4O. The van der Waals surface area contributed by atoms with E-state index < -0.39 is 0 Å². The Hall–Kier alpha value is -3.28. The van der Waals surface area contributed by atoms with Crippen LogP contribution in [0.5, 0.6) is 0 Å². The standard InChI is InChI=1S/C20H19FN4O/c1-15(17-7-9-19(10-8-17)25-14-22-13-23-25)24(2)20(26)11-6-16-4-3-5-18(21)12-16/h3-15H,1-2H3/b11-6+/t15-/m0/s1. The number of nitrogens with zero attached hydrogens (tertiary/aromatic N) is 4. The van der Waals surface area contributed by atoms with Gasteiger partial charge in [0, 0.05) is 13.1 Å². The van der Waals surface area contributed by atoms with Crippen LogP contribution in [0.4, 0.5) is 4.39 Å². The third-order valence-corrected chi connectivity index (χ3v) is 4.25. The summed E-state index contributed by atoms with van der Waals surface area (Å²) in [5.74, 6) is -0.476. The second-order valence-corrected chi connectivity index (χ2v) is 5.95. The van der Waals surface area contributed by atoms with Crippen molar-refractivity contribution < 1.29 is 9.18 Å². The van der Waals surface area contributed by atoms with Crippen molar-refractivity contribution in [1.29, 1.82) is 0 Å². The molecule has 0 N–H and O–H groups in total. The number of carbonyl (C=O) groups is 1. The maximum Gasteiger partial charge on any atom is 0.246 e. The highest BCUT2D eigenvalue weighted by atomic mass is 19.1. The minimum atomic E-state index is -0.325. The van der Waals surface area contributed by atoms with Crippen molar-refractivity contribution >= 4 is 12.0 Å². The van der Waals surface area contributed by atoms with Gasteiger partial charge in [-0.3, -0.25) is 4.79 Å². The molecule has 6 heteroatoms. The van der Waals surface area contributed by atoms with E-state index >= 15 is 0 Å². The van der Waals surface area contributed by atoms with E-state index in [0.29, 0.717) is 5.56 Å². The van der Waals surface area contributed by atoms with Gasteiger partial charge in [0.05, 0.1) is 11.7 Å². The van der Waals surface area contributed by atoms with Crippen LogP contribution in [0.25, 0.3) is 11.8 Å². The number of hydrogen-bond donors (Lipinski definition) is 0. The summed E-state index contributed by atoms with van der Waals surface area (Å²) in [4.78, 5) is 18.0. The van der Waals surface area contributed by atoms with E-state index in [2.05, 4.69) is 10.1 Å². The molecule has 1 atom stereocenters. The fourth-order valence-corrected chi connectivity index (χ4v) is 2.56. The van der Waals surface area contributed by atoms with E-state index in [0.717, 1.165) is 11.3 Å². The average Bonchev–Trinajstić information content (AvgIpc) is 3.20. The average molecular weight is 350 g/mol. The SMILES string of the molecule is C[C@@H](c1ccc(-n2cncn2)cc1)N(C)C(=O)/C=C/c1cccc(F)c1. The zero-order valence-corrected chi connectivity index (χ0v) is 14.6. The fraction of sp³-hybridized carbons (Fsp3) is 0.150. The van der Waals surface area contributed by atoms with E-state index in [1.165, 1.54) is 24.5 Å². The first-order valence-electron chi connectivity index (χ1n) is 8.20. The van der Waals surface area contributed by atoms with Gasteiger partial charge in [0.1, 0.15) is 18.5 Å². The zero-order chi connectivity index (χ0) is 18.5. The normalized spacial score (nSPS) is 12.3. The molecule has 0 fully saturated rings.